The maximum Gasteiger partial charge on any atom is 0.164 e. The van der Waals surface area contributed by atoms with E-state index in [0.29, 0.717) is 17.5 Å². The molecule has 0 aliphatic heterocycles. The van der Waals surface area contributed by atoms with Crippen molar-refractivity contribution in [2.24, 2.45) is 23.7 Å². The Bertz CT molecular complexity index is 3120. The van der Waals surface area contributed by atoms with E-state index < -0.39 is 0 Å². The Morgan fingerprint density at radius 1 is 0.350 bits per heavy atom. The van der Waals surface area contributed by atoms with E-state index in [-0.39, 0.29) is 5.41 Å². The highest BCUT2D eigenvalue weighted by Crippen LogP contribution is 2.70. The monoisotopic (exact) mass is 769 g/mol. The molecule has 0 amide bonds. The van der Waals surface area contributed by atoms with Crippen molar-refractivity contribution >= 4 is 21.5 Å². The smallest absolute Gasteiger partial charge is 0.164 e. The molecule has 5 aliphatic rings. The highest BCUT2D eigenvalue weighted by Gasteiger charge is 2.61. The molecule has 4 fully saturated rings. The average Bonchev–Trinajstić information content (AvgIpc) is 3.61. The van der Waals surface area contributed by atoms with Crippen molar-refractivity contribution < 1.29 is 0 Å². The van der Waals surface area contributed by atoms with Crippen LogP contribution in [0.4, 0.5) is 0 Å². The highest BCUT2D eigenvalue weighted by molar-refractivity contribution is 6.10. The maximum absolute atomic E-state index is 5.15. The largest absolute Gasteiger partial charge is 0.208 e. The number of fused-ring (bicyclic) bond motifs is 6. The Hall–Kier alpha value is -6.71. The molecule has 0 atom stereocenters. The summed E-state index contributed by atoms with van der Waals surface area (Å²) in [5, 5.41) is 5.10. The molecule has 8 aromatic carbocycles. The van der Waals surface area contributed by atoms with Crippen molar-refractivity contribution in [2.75, 3.05) is 0 Å². The Balaban J connectivity index is 0.954. The van der Waals surface area contributed by atoms with Gasteiger partial charge in [-0.1, -0.05) is 158 Å². The first kappa shape index (κ1) is 34.2. The molecule has 0 radical (unpaired) electrons. The van der Waals surface area contributed by atoms with E-state index in [4.69, 9.17) is 15.0 Å². The molecule has 3 heteroatoms. The summed E-state index contributed by atoms with van der Waals surface area (Å²) in [4.78, 5) is 15.3. The molecule has 1 spiro atoms. The third-order valence-corrected chi connectivity index (χ3v) is 14.9. The van der Waals surface area contributed by atoms with Gasteiger partial charge in [0.25, 0.3) is 0 Å². The molecule has 4 bridgehead atoms. The van der Waals surface area contributed by atoms with Gasteiger partial charge >= 0.3 is 0 Å². The zero-order valence-electron chi connectivity index (χ0n) is 33.4. The molecule has 0 saturated heterocycles. The second-order valence-electron chi connectivity index (χ2n) is 18.0. The lowest BCUT2D eigenvalue weighted by molar-refractivity contribution is -0.0399. The van der Waals surface area contributed by atoms with Crippen molar-refractivity contribution in [3.63, 3.8) is 0 Å². The first-order chi connectivity index (χ1) is 29.7. The maximum atomic E-state index is 5.15. The normalized spacial score (nSPS) is 22.1. The molecule has 0 unspecified atom stereocenters. The van der Waals surface area contributed by atoms with E-state index in [9.17, 15) is 0 Å². The van der Waals surface area contributed by atoms with Gasteiger partial charge in [0.05, 0.1) is 0 Å². The van der Waals surface area contributed by atoms with Crippen LogP contribution in [-0.2, 0) is 5.41 Å². The Morgan fingerprint density at radius 2 is 0.850 bits per heavy atom. The fourth-order valence-corrected chi connectivity index (χ4v) is 12.6. The van der Waals surface area contributed by atoms with E-state index in [1.807, 2.05) is 24.3 Å². The first-order valence-corrected chi connectivity index (χ1v) is 21.9. The summed E-state index contributed by atoms with van der Waals surface area (Å²) in [6.45, 7) is 0. The first-order valence-electron chi connectivity index (χ1n) is 21.9. The molecule has 60 heavy (non-hydrogen) atoms. The quantitative estimate of drug-likeness (QED) is 0.175. The van der Waals surface area contributed by atoms with Crippen molar-refractivity contribution in [1.82, 2.24) is 15.0 Å². The van der Waals surface area contributed by atoms with Gasteiger partial charge in [0.15, 0.2) is 17.5 Å². The Morgan fingerprint density at radius 3 is 1.55 bits per heavy atom. The van der Waals surface area contributed by atoms with E-state index in [1.54, 1.807) is 11.1 Å². The SMILES string of the molecule is c1ccc(-c2ccc(-c3nc(-c4ccccc4)nc(-c4ccc5ccc(-c6cc7c(c8ccccc68)-c6ccccc6C76C7CC8CC(C7)CC6C8)cc5c4)n3)cc2)cc1. The number of benzene rings is 8. The Kier molecular flexibility index (Phi) is 7.49. The molecule has 9 aromatic rings. The van der Waals surface area contributed by atoms with Gasteiger partial charge < -0.3 is 0 Å². The topological polar surface area (TPSA) is 38.7 Å². The molecular formula is C57H43N3. The predicted molar refractivity (Wildman–Crippen MR) is 245 cm³/mol. The number of aromatic nitrogens is 3. The third-order valence-electron chi connectivity index (χ3n) is 14.9. The zero-order valence-corrected chi connectivity index (χ0v) is 33.4. The lowest BCUT2D eigenvalue weighted by Crippen LogP contribution is -2.55. The predicted octanol–water partition coefficient (Wildman–Crippen LogP) is 14.2. The summed E-state index contributed by atoms with van der Waals surface area (Å²) in [5.41, 5.74) is 14.1. The summed E-state index contributed by atoms with van der Waals surface area (Å²) >= 11 is 0. The second kappa shape index (κ2) is 13.1. The van der Waals surface area contributed by atoms with E-state index in [0.717, 1.165) is 45.9 Å². The minimum Gasteiger partial charge on any atom is -0.208 e. The molecule has 3 nitrogen and oxygen atoms in total. The van der Waals surface area contributed by atoms with Crippen LogP contribution in [0.25, 0.3) is 89.1 Å². The highest BCUT2D eigenvalue weighted by atomic mass is 15.0. The minimum atomic E-state index is 0.108. The van der Waals surface area contributed by atoms with E-state index in [1.165, 1.54) is 81.5 Å². The van der Waals surface area contributed by atoms with Crippen LogP contribution in [0.15, 0.2) is 176 Å². The number of hydrogen-bond donors (Lipinski definition) is 0. The molecule has 14 rings (SSSR count). The minimum absolute atomic E-state index is 0.108. The average molecular weight is 770 g/mol. The molecule has 5 aliphatic carbocycles. The second-order valence-corrected chi connectivity index (χ2v) is 18.0. The van der Waals surface area contributed by atoms with E-state index in [2.05, 4.69) is 152 Å². The fraction of sp³-hybridized carbons (Fsp3) is 0.175. The lowest BCUT2D eigenvalue weighted by atomic mass is 9.43. The van der Waals surface area contributed by atoms with Gasteiger partial charge in [-0.3, -0.25) is 0 Å². The van der Waals surface area contributed by atoms with Crippen molar-refractivity contribution in [1.29, 1.82) is 0 Å². The van der Waals surface area contributed by atoms with Gasteiger partial charge in [0, 0.05) is 22.1 Å². The summed E-state index contributed by atoms with van der Waals surface area (Å²) in [6.07, 6.45) is 6.98. The van der Waals surface area contributed by atoms with Crippen molar-refractivity contribution in [3.05, 3.63) is 187 Å². The van der Waals surface area contributed by atoms with Crippen molar-refractivity contribution in [2.45, 2.75) is 37.5 Å². The standard InChI is InChI=1S/C57H43N3/c1-3-11-37(12-4-1)38-19-23-41(24-20-38)55-58-54(40-13-5-2-6-14-40)59-56(60-55)43-26-22-39-21-25-42(32-44(39)33-43)50-34-52-53(48-16-8-7-15-47(48)50)49-17-9-10-18-51(49)57(52)45-28-35-27-36(30-45)31-46(57)29-35/h1-26,32-36,45-46H,27-31H2. The van der Waals surface area contributed by atoms with Gasteiger partial charge in [0.1, 0.15) is 0 Å². The third kappa shape index (κ3) is 5.11. The van der Waals surface area contributed by atoms with Crippen LogP contribution in [-0.4, -0.2) is 15.0 Å². The Labute approximate surface area is 350 Å². The van der Waals surface area contributed by atoms with E-state index >= 15 is 0 Å². The van der Waals surface area contributed by atoms with Crippen LogP contribution in [0.5, 0.6) is 0 Å². The van der Waals surface area contributed by atoms with Crippen LogP contribution in [0.2, 0.25) is 0 Å². The van der Waals surface area contributed by atoms with Crippen LogP contribution in [0.1, 0.15) is 43.2 Å². The summed E-state index contributed by atoms with van der Waals surface area (Å²) in [5.74, 6) is 5.26. The lowest BCUT2D eigenvalue weighted by Gasteiger charge is -2.61. The zero-order chi connectivity index (χ0) is 39.4. The molecule has 0 N–H and O–H groups in total. The van der Waals surface area contributed by atoms with Gasteiger partial charge in [-0.2, -0.15) is 0 Å². The van der Waals surface area contributed by atoms with Crippen molar-refractivity contribution in [3.8, 4) is 67.5 Å². The summed E-state index contributed by atoms with van der Waals surface area (Å²) in [7, 11) is 0. The van der Waals surface area contributed by atoms with Gasteiger partial charge in [-0.05, 0) is 140 Å². The summed E-state index contributed by atoms with van der Waals surface area (Å²) < 4.78 is 0. The van der Waals surface area contributed by atoms with Crippen LogP contribution >= 0.6 is 0 Å². The molecular weight excluding hydrogens is 727 g/mol. The van der Waals surface area contributed by atoms with Crippen LogP contribution in [0.3, 0.4) is 0 Å². The number of nitrogens with zero attached hydrogens (tertiary/aromatic N) is 3. The molecule has 286 valence electrons. The van der Waals surface area contributed by atoms with Gasteiger partial charge in [-0.15, -0.1) is 0 Å². The van der Waals surface area contributed by atoms with Gasteiger partial charge in [-0.25, -0.2) is 15.0 Å². The molecule has 1 heterocycles. The molecule has 4 saturated carbocycles. The number of hydrogen-bond acceptors (Lipinski definition) is 3. The number of rotatable bonds is 5. The molecule has 1 aromatic heterocycles. The summed E-state index contributed by atoms with van der Waals surface area (Å²) in [6, 6.07) is 64.3. The van der Waals surface area contributed by atoms with Gasteiger partial charge in [0.2, 0.25) is 0 Å². The van der Waals surface area contributed by atoms with Crippen LogP contribution < -0.4 is 0 Å². The van der Waals surface area contributed by atoms with Crippen LogP contribution in [0, 0.1) is 23.7 Å². The fourth-order valence-electron chi connectivity index (χ4n) is 12.6.